The number of carbonyl (C=O) groups is 3. The van der Waals surface area contributed by atoms with Crippen LogP contribution in [0.2, 0.25) is 0 Å². The summed E-state index contributed by atoms with van der Waals surface area (Å²) in [6, 6.07) is 11.4. The Morgan fingerprint density at radius 1 is 0.966 bits per heavy atom. The number of hydrogen-bond acceptors (Lipinski definition) is 11. The third-order valence-corrected chi connectivity index (χ3v) is 16.5. The number of nitrogens with zero attached hydrogens (tertiary/aromatic N) is 3. The van der Waals surface area contributed by atoms with Crippen LogP contribution in [-0.2, 0) is 45.8 Å². The summed E-state index contributed by atoms with van der Waals surface area (Å²) in [4.78, 5) is 53.8. The molecule has 3 aromatic rings. The number of nitrogens with one attached hydrogen (secondary N) is 1. The van der Waals surface area contributed by atoms with Gasteiger partial charge in [-0.15, -0.1) is 0 Å². The normalized spacial score (nSPS) is 37.9. The van der Waals surface area contributed by atoms with Crippen molar-refractivity contribution >= 4 is 34.5 Å². The van der Waals surface area contributed by atoms with Gasteiger partial charge in [0.05, 0.1) is 27.4 Å². The number of anilines is 1. The van der Waals surface area contributed by atoms with Crippen LogP contribution in [0.15, 0.2) is 48.6 Å². The molecule has 2 aromatic carbocycles. The zero-order valence-corrected chi connectivity index (χ0v) is 35.2. The standard InChI is InChI=1S/C47H58N4O8/c1-7-44-17-11-19-51-21-18-45(39(44)51)33-22-34(37(56-4)23-36(33)49(3)40(45)47(55,43(54)58-6)41(44)59-27(2)52)46(42(53)57-5)24-29-26-50(25-28-12-10-14-30(28)29)20-16-32-31-13-8-9-15-35(31)48-38(32)46/h8-9,11,13,15,17,22-23,28-30,39-41,48,55H,7,10,12,14,16,18-21,24-26H2,1-6H3/t28-,29+,30-,39+,40-,41-,44-,45-,46-,47+/m1/s1. The van der Waals surface area contributed by atoms with E-state index in [9.17, 15) is 14.7 Å². The van der Waals surface area contributed by atoms with Crippen molar-refractivity contribution in [1.29, 1.82) is 0 Å². The molecule has 2 saturated carbocycles. The minimum atomic E-state index is -2.27. The Labute approximate surface area is 346 Å². The summed E-state index contributed by atoms with van der Waals surface area (Å²) in [6.45, 7) is 7.65. The van der Waals surface area contributed by atoms with Crippen molar-refractivity contribution < 1.29 is 38.4 Å². The number of carbonyl (C=O) groups excluding carboxylic acids is 3. The molecular formula is C47H58N4O8. The lowest BCUT2D eigenvalue weighted by atomic mass is 9.47. The monoisotopic (exact) mass is 806 g/mol. The molecule has 10 rings (SSSR count). The minimum Gasteiger partial charge on any atom is -0.496 e. The quantitative estimate of drug-likeness (QED) is 0.201. The molecule has 314 valence electrons. The van der Waals surface area contributed by atoms with Crippen molar-refractivity contribution in [3.63, 3.8) is 0 Å². The summed E-state index contributed by atoms with van der Waals surface area (Å²) in [5.41, 5.74) is 0.0488. The fourth-order valence-corrected chi connectivity index (χ4v) is 14.6. The maximum Gasteiger partial charge on any atom is 0.344 e. The first-order valence-corrected chi connectivity index (χ1v) is 21.7. The number of piperidine rings is 1. The molecule has 12 heteroatoms. The number of methoxy groups -OCH3 is 3. The molecule has 0 radical (unpaired) electrons. The highest BCUT2D eigenvalue weighted by Gasteiger charge is 2.80. The van der Waals surface area contributed by atoms with Gasteiger partial charge in [-0.2, -0.15) is 0 Å². The van der Waals surface area contributed by atoms with Gasteiger partial charge in [0.25, 0.3) is 0 Å². The van der Waals surface area contributed by atoms with E-state index in [0.29, 0.717) is 49.9 Å². The average molecular weight is 807 g/mol. The third kappa shape index (κ3) is 4.91. The average Bonchev–Trinajstić information content (AvgIpc) is 4.03. The molecule has 2 saturated heterocycles. The van der Waals surface area contributed by atoms with Crippen LogP contribution >= 0.6 is 0 Å². The summed E-state index contributed by atoms with van der Waals surface area (Å²) >= 11 is 0. The smallest absolute Gasteiger partial charge is 0.344 e. The molecule has 5 aliphatic heterocycles. The lowest BCUT2D eigenvalue weighted by Gasteiger charge is -2.63. The first kappa shape index (κ1) is 38.8. The Morgan fingerprint density at radius 2 is 1.75 bits per heavy atom. The van der Waals surface area contributed by atoms with Crippen LogP contribution < -0.4 is 9.64 Å². The maximum atomic E-state index is 15.4. The van der Waals surface area contributed by atoms with Crippen LogP contribution in [0, 0.1) is 23.2 Å². The second-order valence-corrected chi connectivity index (χ2v) is 18.7. The van der Waals surface area contributed by atoms with Crippen molar-refractivity contribution in [2.75, 3.05) is 66.0 Å². The summed E-state index contributed by atoms with van der Waals surface area (Å²) in [5.74, 6) is 0.0745. The number of para-hydroxylation sites is 1. The van der Waals surface area contributed by atoms with Gasteiger partial charge in [-0.05, 0) is 86.1 Å². The lowest BCUT2D eigenvalue weighted by molar-refractivity contribution is -0.228. The van der Waals surface area contributed by atoms with E-state index in [2.05, 4.69) is 51.2 Å². The van der Waals surface area contributed by atoms with Gasteiger partial charge in [0.15, 0.2) is 6.10 Å². The first-order chi connectivity index (χ1) is 28.4. The van der Waals surface area contributed by atoms with E-state index < -0.39 is 45.9 Å². The third-order valence-electron chi connectivity index (χ3n) is 16.5. The van der Waals surface area contributed by atoms with Crippen molar-refractivity contribution in [3.05, 3.63) is 70.9 Å². The summed E-state index contributed by atoms with van der Waals surface area (Å²) < 4.78 is 24.2. The Hall–Kier alpha value is -4.39. The highest BCUT2D eigenvalue weighted by Crippen LogP contribution is 2.68. The van der Waals surface area contributed by atoms with E-state index in [0.717, 1.165) is 71.5 Å². The van der Waals surface area contributed by atoms with Crippen molar-refractivity contribution in [2.24, 2.45) is 23.2 Å². The number of rotatable bonds is 6. The number of H-pyrrole nitrogens is 1. The molecule has 1 aromatic heterocycles. The first-order valence-electron chi connectivity index (χ1n) is 21.7. The van der Waals surface area contributed by atoms with E-state index in [-0.39, 0.29) is 17.9 Å². The number of aliphatic hydroxyl groups is 1. The molecular weight excluding hydrogens is 749 g/mol. The largest absolute Gasteiger partial charge is 0.496 e. The van der Waals surface area contributed by atoms with E-state index in [4.69, 9.17) is 18.9 Å². The molecule has 2 N–H and O–H groups in total. The second kappa shape index (κ2) is 13.6. The van der Waals surface area contributed by atoms with Crippen LogP contribution in [0.4, 0.5) is 5.69 Å². The molecule has 2 aliphatic carbocycles. The molecule has 12 nitrogen and oxygen atoms in total. The maximum absolute atomic E-state index is 15.4. The van der Waals surface area contributed by atoms with Gasteiger partial charge in [-0.3, -0.25) is 14.5 Å². The lowest BCUT2D eigenvalue weighted by Crippen LogP contribution is -2.81. The van der Waals surface area contributed by atoms with Crippen molar-refractivity contribution in [3.8, 4) is 5.75 Å². The highest BCUT2D eigenvalue weighted by molar-refractivity contribution is 5.95. The number of likely N-dealkylation sites (N-methyl/N-ethyl adjacent to an activating group) is 1. The number of hydrogen-bond donors (Lipinski definition) is 2. The molecule has 11 atom stereocenters. The molecule has 7 aliphatic rings. The number of esters is 3. The number of aromatic nitrogens is 1. The van der Waals surface area contributed by atoms with Crippen LogP contribution in [0.1, 0.15) is 74.8 Å². The zero-order chi connectivity index (χ0) is 41.2. The van der Waals surface area contributed by atoms with E-state index in [1.165, 1.54) is 34.0 Å². The molecule has 59 heavy (non-hydrogen) atoms. The number of ether oxygens (including phenoxy) is 4. The van der Waals surface area contributed by atoms with Crippen LogP contribution in [0.25, 0.3) is 10.9 Å². The number of fused-ring (bicyclic) bond motifs is 8. The highest BCUT2D eigenvalue weighted by atomic mass is 16.6. The van der Waals surface area contributed by atoms with E-state index in [1.807, 2.05) is 31.0 Å². The molecule has 1 unspecified atom stereocenters. The minimum absolute atomic E-state index is 0.223. The molecule has 4 fully saturated rings. The van der Waals surface area contributed by atoms with Crippen molar-refractivity contribution in [1.82, 2.24) is 14.8 Å². The number of aromatic amines is 1. The predicted molar refractivity (Wildman–Crippen MR) is 221 cm³/mol. The Morgan fingerprint density at radius 3 is 2.49 bits per heavy atom. The van der Waals surface area contributed by atoms with Gasteiger partial charge in [-0.1, -0.05) is 43.7 Å². The zero-order valence-electron chi connectivity index (χ0n) is 35.2. The van der Waals surface area contributed by atoms with Crippen LogP contribution in [0.3, 0.4) is 0 Å². The van der Waals surface area contributed by atoms with Gasteiger partial charge in [-0.25, -0.2) is 4.79 Å². The molecule has 2 bridgehead atoms. The Kier molecular flexibility index (Phi) is 8.91. The van der Waals surface area contributed by atoms with Gasteiger partial charge in [0.1, 0.15) is 11.2 Å². The van der Waals surface area contributed by atoms with E-state index >= 15 is 4.79 Å². The SMILES string of the molecule is CC[C@]12C=CCN3CC[C@@]4(c5cc([C@]6(C(=O)OC)C[C@H]7CN(CCc8c6[nH]c6ccccc86)C[C@H]6CCC[C@H]67)c(OC)cc5N(C)[C@H]4[C@@](O)(C(=O)OC)[C@@H]1OC(C)=O)[C@@H]32. The van der Waals surface area contributed by atoms with Gasteiger partial charge >= 0.3 is 17.9 Å². The fourth-order valence-electron chi connectivity index (χ4n) is 14.6. The summed E-state index contributed by atoms with van der Waals surface area (Å²) in [5, 5.41) is 14.5. The fraction of sp³-hybridized carbons (Fsp3) is 0.596. The second-order valence-electron chi connectivity index (χ2n) is 18.7. The van der Waals surface area contributed by atoms with E-state index in [1.54, 1.807) is 7.11 Å². The van der Waals surface area contributed by atoms with Crippen molar-refractivity contribution in [2.45, 2.75) is 93.4 Å². The van der Waals surface area contributed by atoms with Crippen LogP contribution in [-0.4, -0.2) is 123 Å². The molecule has 1 spiro atoms. The Bertz CT molecular complexity index is 2270. The Balaban J connectivity index is 1.28. The number of benzene rings is 2. The predicted octanol–water partition coefficient (Wildman–Crippen LogP) is 4.88. The summed E-state index contributed by atoms with van der Waals surface area (Å²) in [7, 11) is 6.33. The van der Waals surface area contributed by atoms with Gasteiger partial charge in [0.2, 0.25) is 5.60 Å². The topological polar surface area (TPSA) is 134 Å². The molecule has 0 amide bonds. The van der Waals surface area contributed by atoms with Gasteiger partial charge in [0, 0.05) is 90.9 Å². The van der Waals surface area contributed by atoms with Gasteiger partial charge < -0.3 is 38.8 Å². The van der Waals surface area contributed by atoms with Crippen LogP contribution in [0.5, 0.6) is 5.75 Å². The molecule has 6 heterocycles. The summed E-state index contributed by atoms with van der Waals surface area (Å²) in [6.07, 6.45) is 8.90.